The van der Waals surface area contributed by atoms with Gasteiger partial charge >= 0.3 is 12.1 Å². The van der Waals surface area contributed by atoms with Crippen molar-refractivity contribution in [1.82, 2.24) is 14.9 Å². The van der Waals surface area contributed by atoms with E-state index in [0.717, 1.165) is 12.8 Å². The lowest BCUT2D eigenvalue weighted by Crippen LogP contribution is -2.42. The summed E-state index contributed by atoms with van der Waals surface area (Å²) in [6, 6.07) is 7.15. The first-order valence-corrected chi connectivity index (χ1v) is 11.6. The van der Waals surface area contributed by atoms with Gasteiger partial charge in [-0.05, 0) is 52.7 Å². The molecule has 0 saturated carbocycles. The van der Waals surface area contributed by atoms with Gasteiger partial charge in [-0.15, -0.1) is 0 Å². The summed E-state index contributed by atoms with van der Waals surface area (Å²) in [4.78, 5) is 35.6. The number of carbonyl (C=O) groups is 2. The third-order valence-electron chi connectivity index (χ3n) is 5.28. The van der Waals surface area contributed by atoms with Gasteiger partial charge in [0.2, 0.25) is 5.95 Å². The molecule has 2 heterocycles. The molecule has 1 aliphatic rings. The first kappa shape index (κ1) is 25.9. The highest BCUT2D eigenvalue weighted by Crippen LogP contribution is 2.31. The highest BCUT2D eigenvalue weighted by atomic mass is 16.6. The van der Waals surface area contributed by atoms with Gasteiger partial charge in [0, 0.05) is 13.1 Å². The zero-order valence-electron chi connectivity index (χ0n) is 20.9. The van der Waals surface area contributed by atoms with Crippen LogP contribution in [0.3, 0.4) is 0 Å². The maximum atomic E-state index is 12.6. The van der Waals surface area contributed by atoms with Crippen molar-refractivity contribution in [2.24, 2.45) is 0 Å². The molecule has 1 saturated heterocycles. The minimum absolute atomic E-state index is 0.0520. The molecule has 4 N–H and O–H groups in total. The number of anilines is 4. The number of hydrogen-bond acceptors (Lipinski definition) is 10. The Hall–Kier alpha value is -3.76. The standard InChI is InChI=1S/C24H34N6O5/c1-6-34-21(31)19-18(25)20(27-16-11-7-8-12-17(16)33-5)29-22(28-19)26-14-15-10-9-13-30(15)23(32)35-24(2,3)4/h7-8,11-12,15H,6,9-10,13-14,25H2,1-5H3,(H2,26,27,28,29). The van der Waals surface area contributed by atoms with Gasteiger partial charge in [0.05, 0.1) is 25.4 Å². The summed E-state index contributed by atoms with van der Waals surface area (Å²) in [5.41, 5.74) is 6.27. The minimum Gasteiger partial charge on any atom is -0.495 e. The van der Waals surface area contributed by atoms with Crippen molar-refractivity contribution in [3.05, 3.63) is 30.0 Å². The number of nitrogens with zero attached hydrogens (tertiary/aromatic N) is 3. The van der Waals surface area contributed by atoms with E-state index in [4.69, 9.17) is 19.9 Å². The van der Waals surface area contributed by atoms with Gasteiger partial charge in [0.1, 0.15) is 17.0 Å². The molecule has 1 fully saturated rings. The number of likely N-dealkylation sites (tertiary alicyclic amines) is 1. The van der Waals surface area contributed by atoms with Crippen LogP contribution in [0.1, 0.15) is 51.0 Å². The highest BCUT2D eigenvalue weighted by Gasteiger charge is 2.32. The van der Waals surface area contributed by atoms with Crippen LogP contribution in [0.15, 0.2) is 24.3 Å². The summed E-state index contributed by atoms with van der Waals surface area (Å²) in [5, 5.41) is 6.26. The Morgan fingerprint density at radius 2 is 1.97 bits per heavy atom. The second kappa shape index (κ2) is 11.1. The molecule has 0 bridgehead atoms. The fraction of sp³-hybridized carbons (Fsp3) is 0.500. The third-order valence-corrected chi connectivity index (χ3v) is 5.28. The number of nitrogens with one attached hydrogen (secondary N) is 2. The summed E-state index contributed by atoms with van der Waals surface area (Å²) in [6.45, 7) is 8.37. The topological polar surface area (TPSA) is 141 Å². The van der Waals surface area contributed by atoms with Crippen LogP contribution in [0.5, 0.6) is 5.75 Å². The summed E-state index contributed by atoms with van der Waals surface area (Å²) in [5.74, 6) is 0.326. The fourth-order valence-corrected chi connectivity index (χ4v) is 3.69. The third kappa shape index (κ3) is 6.65. The van der Waals surface area contributed by atoms with E-state index < -0.39 is 11.6 Å². The van der Waals surface area contributed by atoms with Crippen LogP contribution in [-0.4, -0.2) is 65.4 Å². The normalized spacial score (nSPS) is 15.5. The van der Waals surface area contributed by atoms with Crippen LogP contribution in [0.2, 0.25) is 0 Å². The van der Waals surface area contributed by atoms with Crippen molar-refractivity contribution in [3.63, 3.8) is 0 Å². The van der Waals surface area contributed by atoms with Crippen LogP contribution in [-0.2, 0) is 9.47 Å². The smallest absolute Gasteiger partial charge is 0.410 e. The van der Waals surface area contributed by atoms with Gasteiger partial charge in [-0.25, -0.2) is 14.6 Å². The average molecular weight is 487 g/mol. The maximum absolute atomic E-state index is 12.6. The zero-order chi connectivity index (χ0) is 25.6. The Balaban J connectivity index is 1.84. The maximum Gasteiger partial charge on any atom is 0.410 e. The molecule has 1 amide bonds. The number of amides is 1. The molecule has 1 atom stereocenters. The average Bonchev–Trinajstić information content (AvgIpc) is 3.27. The van der Waals surface area contributed by atoms with Gasteiger partial charge in [-0.3, -0.25) is 0 Å². The second-order valence-corrected chi connectivity index (χ2v) is 9.05. The zero-order valence-corrected chi connectivity index (χ0v) is 20.9. The van der Waals surface area contributed by atoms with Crippen LogP contribution in [0, 0.1) is 0 Å². The first-order valence-electron chi connectivity index (χ1n) is 11.6. The van der Waals surface area contributed by atoms with Crippen molar-refractivity contribution in [2.75, 3.05) is 43.2 Å². The molecule has 1 unspecified atom stereocenters. The molecular weight excluding hydrogens is 452 g/mol. The Labute approximate surface area is 205 Å². The number of hydrogen-bond donors (Lipinski definition) is 3. The summed E-state index contributed by atoms with van der Waals surface area (Å²) < 4.78 is 16.0. The highest BCUT2D eigenvalue weighted by molar-refractivity contribution is 5.96. The van der Waals surface area contributed by atoms with Gasteiger partial charge in [-0.2, -0.15) is 4.98 Å². The molecule has 1 aliphatic heterocycles. The van der Waals surface area contributed by atoms with E-state index in [1.165, 1.54) is 0 Å². The SMILES string of the molecule is CCOC(=O)c1nc(NCC2CCCN2C(=O)OC(C)(C)C)nc(Nc2ccccc2OC)c1N. The molecule has 11 nitrogen and oxygen atoms in total. The molecule has 1 aromatic carbocycles. The molecule has 0 spiro atoms. The summed E-state index contributed by atoms with van der Waals surface area (Å²) in [6.07, 6.45) is 1.31. The lowest BCUT2D eigenvalue weighted by Gasteiger charge is -2.28. The number of ether oxygens (including phenoxy) is 3. The molecule has 2 aromatic rings. The van der Waals surface area contributed by atoms with Crippen LogP contribution in [0.25, 0.3) is 0 Å². The van der Waals surface area contributed by atoms with E-state index in [0.29, 0.717) is 24.5 Å². The summed E-state index contributed by atoms with van der Waals surface area (Å²) >= 11 is 0. The first-order chi connectivity index (χ1) is 16.6. The monoisotopic (exact) mass is 486 g/mol. The Morgan fingerprint density at radius 1 is 1.23 bits per heavy atom. The molecule has 3 rings (SSSR count). The lowest BCUT2D eigenvalue weighted by atomic mass is 10.2. The van der Waals surface area contributed by atoms with Crippen molar-refractivity contribution in [3.8, 4) is 5.75 Å². The van der Waals surface area contributed by atoms with Gasteiger partial charge in [-0.1, -0.05) is 12.1 Å². The molecule has 0 radical (unpaired) electrons. The van der Waals surface area contributed by atoms with E-state index in [9.17, 15) is 9.59 Å². The van der Waals surface area contributed by atoms with Crippen LogP contribution >= 0.6 is 0 Å². The molecule has 1 aromatic heterocycles. The number of nitrogen functional groups attached to an aromatic ring is 1. The van der Waals surface area contributed by atoms with Crippen molar-refractivity contribution < 1.29 is 23.8 Å². The molecular formula is C24H34N6O5. The van der Waals surface area contributed by atoms with Crippen LogP contribution in [0.4, 0.5) is 27.9 Å². The molecule has 0 aliphatic carbocycles. The number of benzene rings is 1. The number of nitrogens with two attached hydrogens (primary N) is 1. The number of esters is 1. The van der Waals surface area contributed by atoms with Gasteiger partial charge in [0.15, 0.2) is 11.5 Å². The molecule has 35 heavy (non-hydrogen) atoms. The second-order valence-electron chi connectivity index (χ2n) is 9.05. The van der Waals surface area contributed by atoms with E-state index >= 15 is 0 Å². The number of aromatic nitrogens is 2. The number of rotatable bonds is 8. The van der Waals surface area contributed by atoms with E-state index in [2.05, 4.69) is 20.6 Å². The quantitative estimate of drug-likeness (QED) is 0.472. The number of carbonyl (C=O) groups excluding carboxylic acids is 2. The van der Waals surface area contributed by atoms with Gasteiger partial charge < -0.3 is 35.5 Å². The molecule has 11 heteroatoms. The molecule has 190 valence electrons. The van der Waals surface area contributed by atoms with E-state index in [1.807, 2.05) is 32.9 Å². The van der Waals surface area contributed by atoms with Gasteiger partial charge in [0.25, 0.3) is 0 Å². The summed E-state index contributed by atoms with van der Waals surface area (Å²) in [7, 11) is 1.55. The number of para-hydroxylation sites is 2. The van der Waals surface area contributed by atoms with Crippen molar-refractivity contribution in [2.45, 2.75) is 52.2 Å². The van der Waals surface area contributed by atoms with Crippen LogP contribution < -0.4 is 21.1 Å². The predicted molar refractivity (Wildman–Crippen MR) is 133 cm³/mol. The lowest BCUT2D eigenvalue weighted by molar-refractivity contribution is 0.0234. The van der Waals surface area contributed by atoms with E-state index in [-0.39, 0.29) is 41.9 Å². The Kier molecular flexibility index (Phi) is 8.21. The Morgan fingerprint density at radius 3 is 2.66 bits per heavy atom. The Bertz CT molecular complexity index is 1060. The van der Waals surface area contributed by atoms with Crippen molar-refractivity contribution in [1.29, 1.82) is 0 Å². The van der Waals surface area contributed by atoms with Crippen molar-refractivity contribution >= 4 is 35.2 Å². The predicted octanol–water partition coefficient (Wildman–Crippen LogP) is 3.80. The number of methoxy groups -OCH3 is 1. The largest absolute Gasteiger partial charge is 0.495 e. The minimum atomic E-state index is -0.658. The van der Waals surface area contributed by atoms with E-state index in [1.54, 1.807) is 31.1 Å². The fourth-order valence-electron chi connectivity index (χ4n) is 3.69.